The van der Waals surface area contributed by atoms with Gasteiger partial charge in [-0.2, -0.15) is 0 Å². The van der Waals surface area contributed by atoms with E-state index >= 15 is 0 Å². The highest BCUT2D eigenvalue weighted by Crippen LogP contribution is 2.20. The van der Waals surface area contributed by atoms with E-state index in [-0.39, 0.29) is 17.6 Å². The van der Waals surface area contributed by atoms with Crippen LogP contribution in [0.3, 0.4) is 0 Å². The van der Waals surface area contributed by atoms with Gasteiger partial charge in [-0.3, -0.25) is 0 Å². The Balaban J connectivity index is 2.04. The third-order valence-electron chi connectivity index (χ3n) is 3.14. The van der Waals surface area contributed by atoms with E-state index in [1.165, 1.54) is 0 Å². The second-order valence-corrected chi connectivity index (χ2v) is 6.80. The highest BCUT2D eigenvalue weighted by molar-refractivity contribution is 7.91. The molecule has 1 aliphatic rings. The molecule has 0 aliphatic carbocycles. The van der Waals surface area contributed by atoms with Crippen LogP contribution in [0.4, 0.5) is 0 Å². The largest absolute Gasteiger partial charge is 0.489 e. The van der Waals surface area contributed by atoms with Gasteiger partial charge in [0.1, 0.15) is 11.9 Å². The van der Waals surface area contributed by atoms with Gasteiger partial charge in [-0.1, -0.05) is 12.1 Å². The monoisotopic (exact) mass is 283 g/mol. The molecule has 1 unspecified atom stereocenters. The smallest absolute Gasteiger partial charge is 0.154 e. The highest BCUT2D eigenvalue weighted by atomic mass is 32.2. The standard InChI is InChI=1S/C13H17NO4S/c1-2-13(14-15)10-3-5-11(6-4-10)18-12-7-8-19(16,17)9-12/h3-6,12,15H,2,7-9H2,1H3/b14-13+. The van der Waals surface area contributed by atoms with Gasteiger partial charge in [0.05, 0.1) is 17.2 Å². The predicted molar refractivity (Wildman–Crippen MR) is 72.7 cm³/mol. The van der Waals surface area contributed by atoms with Crippen LogP contribution >= 0.6 is 0 Å². The number of hydrogen-bond donors (Lipinski definition) is 1. The Labute approximate surface area is 112 Å². The molecule has 1 aromatic rings. The van der Waals surface area contributed by atoms with Gasteiger partial charge in [0.15, 0.2) is 9.84 Å². The second kappa shape index (κ2) is 5.61. The van der Waals surface area contributed by atoms with Crippen LogP contribution in [-0.4, -0.2) is 36.9 Å². The topological polar surface area (TPSA) is 76.0 Å². The summed E-state index contributed by atoms with van der Waals surface area (Å²) in [6.45, 7) is 1.91. The number of benzene rings is 1. The molecule has 19 heavy (non-hydrogen) atoms. The van der Waals surface area contributed by atoms with E-state index in [1.54, 1.807) is 24.3 Å². The lowest BCUT2D eigenvalue weighted by Crippen LogP contribution is -2.17. The van der Waals surface area contributed by atoms with Gasteiger partial charge in [0, 0.05) is 0 Å². The summed E-state index contributed by atoms with van der Waals surface area (Å²) in [6.07, 6.45) is 0.924. The third-order valence-corrected chi connectivity index (χ3v) is 4.87. The zero-order chi connectivity index (χ0) is 13.9. The Kier molecular flexibility index (Phi) is 4.09. The maximum atomic E-state index is 11.3. The van der Waals surface area contributed by atoms with Crippen molar-refractivity contribution in [1.82, 2.24) is 0 Å². The first-order chi connectivity index (χ1) is 9.04. The average molecular weight is 283 g/mol. The number of ether oxygens (including phenoxy) is 1. The van der Waals surface area contributed by atoms with Crippen LogP contribution in [0, 0.1) is 0 Å². The van der Waals surface area contributed by atoms with E-state index < -0.39 is 9.84 Å². The van der Waals surface area contributed by atoms with Crippen molar-refractivity contribution in [2.45, 2.75) is 25.9 Å². The quantitative estimate of drug-likeness (QED) is 0.519. The fourth-order valence-electron chi connectivity index (χ4n) is 2.10. The van der Waals surface area contributed by atoms with Crippen molar-refractivity contribution in [2.75, 3.05) is 11.5 Å². The first kappa shape index (κ1) is 13.9. The van der Waals surface area contributed by atoms with Gasteiger partial charge in [0.25, 0.3) is 0 Å². The summed E-state index contributed by atoms with van der Waals surface area (Å²) in [5.74, 6) is 0.930. The SMILES string of the molecule is CC/C(=N\O)c1ccc(OC2CCS(=O)(=O)C2)cc1. The van der Waals surface area contributed by atoms with Crippen LogP contribution in [0.25, 0.3) is 0 Å². The maximum Gasteiger partial charge on any atom is 0.154 e. The summed E-state index contributed by atoms with van der Waals surface area (Å²) in [7, 11) is -2.92. The van der Waals surface area contributed by atoms with E-state index in [9.17, 15) is 8.42 Å². The normalized spacial score (nSPS) is 22.4. The molecule has 5 nitrogen and oxygen atoms in total. The molecule has 2 rings (SSSR count). The Morgan fingerprint density at radius 1 is 1.42 bits per heavy atom. The van der Waals surface area contributed by atoms with Crippen molar-refractivity contribution < 1.29 is 18.4 Å². The molecule has 1 atom stereocenters. The molecule has 0 aromatic heterocycles. The highest BCUT2D eigenvalue weighted by Gasteiger charge is 2.29. The van der Waals surface area contributed by atoms with E-state index in [1.807, 2.05) is 6.92 Å². The van der Waals surface area contributed by atoms with E-state index in [2.05, 4.69) is 5.16 Å². The maximum absolute atomic E-state index is 11.3. The Hall–Kier alpha value is -1.56. The van der Waals surface area contributed by atoms with Crippen molar-refractivity contribution in [1.29, 1.82) is 0 Å². The van der Waals surface area contributed by atoms with Crippen molar-refractivity contribution in [3.05, 3.63) is 29.8 Å². The predicted octanol–water partition coefficient (Wildman–Crippen LogP) is 1.84. The lowest BCUT2D eigenvalue weighted by atomic mass is 10.1. The molecule has 1 N–H and O–H groups in total. The molecule has 0 radical (unpaired) electrons. The second-order valence-electron chi connectivity index (χ2n) is 4.57. The van der Waals surface area contributed by atoms with Crippen LogP contribution < -0.4 is 4.74 Å². The van der Waals surface area contributed by atoms with Crippen LogP contribution in [0.5, 0.6) is 5.75 Å². The zero-order valence-corrected chi connectivity index (χ0v) is 11.6. The summed E-state index contributed by atoms with van der Waals surface area (Å²) in [5, 5.41) is 12.1. The molecule has 0 saturated carbocycles. The summed E-state index contributed by atoms with van der Waals surface area (Å²) < 4.78 is 28.3. The molecule has 0 amide bonds. The van der Waals surface area contributed by atoms with Crippen molar-refractivity contribution >= 4 is 15.5 Å². The minimum Gasteiger partial charge on any atom is -0.489 e. The van der Waals surface area contributed by atoms with Crippen LogP contribution in [0.1, 0.15) is 25.3 Å². The van der Waals surface area contributed by atoms with E-state index in [4.69, 9.17) is 9.94 Å². The average Bonchev–Trinajstić information content (AvgIpc) is 2.72. The number of nitrogens with zero attached hydrogens (tertiary/aromatic N) is 1. The molecule has 0 spiro atoms. The minimum absolute atomic E-state index is 0.0903. The van der Waals surface area contributed by atoms with Crippen LogP contribution in [0.15, 0.2) is 29.4 Å². The lowest BCUT2D eigenvalue weighted by Gasteiger charge is -2.12. The van der Waals surface area contributed by atoms with Crippen molar-refractivity contribution in [2.24, 2.45) is 5.16 Å². The Morgan fingerprint density at radius 2 is 2.11 bits per heavy atom. The summed E-state index contributed by atoms with van der Waals surface area (Å²) >= 11 is 0. The summed E-state index contributed by atoms with van der Waals surface area (Å²) in [5.41, 5.74) is 1.44. The molecule has 6 heteroatoms. The van der Waals surface area contributed by atoms with Gasteiger partial charge >= 0.3 is 0 Å². The van der Waals surface area contributed by atoms with Gasteiger partial charge in [0.2, 0.25) is 0 Å². The van der Waals surface area contributed by atoms with Crippen molar-refractivity contribution in [3.8, 4) is 5.75 Å². The summed E-state index contributed by atoms with van der Waals surface area (Å²) in [6, 6.07) is 7.14. The van der Waals surface area contributed by atoms with Gasteiger partial charge in [-0.05, 0) is 42.7 Å². The fraction of sp³-hybridized carbons (Fsp3) is 0.462. The van der Waals surface area contributed by atoms with Gasteiger partial charge in [-0.25, -0.2) is 8.42 Å². The number of rotatable bonds is 4. The number of sulfone groups is 1. The number of oxime groups is 1. The third kappa shape index (κ3) is 3.47. The van der Waals surface area contributed by atoms with E-state index in [0.717, 1.165) is 5.56 Å². The molecule has 0 bridgehead atoms. The minimum atomic E-state index is -2.92. The first-order valence-electron chi connectivity index (χ1n) is 6.22. The van der Waals surface area contributed by atoms with Crippen molar-refractivity contribution in [3.63, 3.8) is 0 Å². The van der Waals surface area contributed by atoms with E-state index in [0.29, 0.717) is 24.3 Å². The van der Waals surface area contributed by atoms with Gasteiger partial charge < -0.3 is 9.94 Å². The molecule has 1 aromatic carbocycles. The fourth-order valence-corrected chi connectivity index (χ4v) is 3.69. The van der Waals surface area contributed by atoms with Gasteiger partial charge in [-0.15, -0.1) is 0 Å². The molecule has 1 heterocycles. The molecular formula is C13H17NO4S. The lowest BCUT2D eigenvalue weighted by molar-refractivity contribution is 0.229. The molecule has 1 saturated heterocycles. The number of hydrogen-bond acceptors (Lipinski definition) is 5. The summed E-state index contributed by atoms with van der Waals surface area (Å²) in [4.78, 5) is 0. The Bertz CT molecular complexity index is 563. The molecule has 104 valence electrons. The van der Waals surface area contributed by atoms with Crippen LogP contribution in [0.2, 0.25) is 0 Å². The van der Waals surface area contributed by atoms with Crippen LogP contribution in [-0.2, 0) is 9.84 Å². The molecule has 1 fully saturated rings. The molecule has 1 aliphatic heterocycles. The molecular weight excluding hydrogens is 266 g/mol. The first-order valence-corrected chi connectivity index (χ1v) is 8.04. The Morgan fingerprint density at radius 3 is 2.58 bits per heavy atom. The zero-order valence-electron chi connectivity index (χ0n) is 10.7.